The zero-order chi connectivity index (χ0) is 12.8. The van der Waals surface area contributed by atoms with Crippen LogP contribution in [-0.2, 0) is 0 Å². The summed E-state index contributed by atoms with van der Waals surface area (Å²) in [5.41, 5.74) is 0. The number of rotatable bonds is 4. The van der Waals surface area contributed by atoms with Crippen molar-refractivity contribution in [2.24, 2.45) is 5.92 Å². The number of hydrogen-bond acceptors (Lipinski definition) is 2. The fraction of sp³-hybridized carbons (Fsp3) is 0.929. The van der Waals surface area contributed by atoms with E-state index in [1.807, 2.05) is 0 Å². The van der Waals surface area contributed by atoms with Gasteiger partial charge in [0, 0.05) is 18.6 Å². The van der Waals surface area contributed by atoms with Crippen LogP contribution in [0.1, 0.15) is 51.9 Å². The largest absolute Gasteiger partial charge is 0.337 e. The lowest BCUT2D eigenvalue weighted by atomic mass is 9.89. The van der Waals surface area contributed by atoms with Gasteiger partial charge in [-0.05, 0) is 38.1 Å². The average Bonchev–Trinajstić information content (AvgIpc) is 2.89. The van der Waals surface area contributed by atoms with Crippen molar-refractivity contribution in [2.45, 2.75) is 64.0 Å². The molecule has 2 unspecified atom stereocenters. The first-order chi connectivity index (χ1) is 8.79. The summed E-state index contributed by atoms with van der Waals surface area (Å²) in [4.78, 5) is 11.8. The van der Waals surface area contributed by atoms with Crippen LogP contribution in [0, 0.1) is 5.92 Å². The van der Waals surface area contributed by atoms with E-state index in [0.717, 1.165) is 25.9 Å². The SMILES string of the molecule is CCC1CCCNC1CNC(=O)NC1CCCC1. The van der Waals surface area contributed by atoms with Crippen molar-refractivity contribution in [1.29, 1.82) is 0 Å². The van der Waals surface area contributed by atoms with Crippen LogP contribution < -0.4 is 16.0 Å². The summed E-state index contributed by atoms with van der Waals surface area (Å²) in [7, 11) is 0. The second-order valence-electron chi connectivity index (χ2n) is 5.71. The average molecular weight is 253 g/mol. The second kappa shape index (κ2) is 6.98. The van der Waals surface area contributed by atoms with Crippen molar-refractivity contribution in [2.75, 3.05) is 13.1 Å². The van der Waals surface area contributed by atoms with Crippen molar-refractivity contribution in [3.8, 4) is 0 Å². The van der Waals surface area contributed by atoms with Gasteiger partial charge in [-0.15, -0.1) is 0 Å². The number of carbonyl (C=O) groups excluding carboxylic acids is 1. The lowest BCUT2D eigenvalue weighted by Gasteiger charge is -2.32. The van der Waals surface area contributed by atoms with E-state index in [1.54, 1.807) is 0 Å². The molecular weight excluding hydrogens is 226 g/mol. The minimum absolute atomic E-state index is 0.0177. The maximum absolute atomic E-state index is 11.8. The van der Waals surface area contributed by atoms with E-state index >= 15 is 0 Å². The van der Waals surface area contributed by atoms with E-state index in [2.05, 4.69) is 22.9 Å². The Morgan fingerprint density at radius 2 is 2.00 bits per heavy atom. The van der Waals surface area contributed by atoms with Gasteiger partial charge in [-0.1, -0.05) is 26.2 Å². The topological polar surface area (TPSA) is 53.2 Å². The van der Waals surface area contributed by atoms with Crippen LogP contribution in [0.4, 0.5) is 4.79 Å². The molecular formula is C14H27N3O. The molecule has 0 spiro atoms. The number of hydrogen-bond donors (Lipinski definition) is 3. The number of carbonyl (C=O) groups is 1. The highest BCUT2D eigenvalue weighted by molar-refractivity contribution is 5.74. The Bertz CT molecular complexity index is 264. The molecule has 2 fully saturated rings. The molecule has 4 nitrogen and oxygen atoms in total. The van der Waals surface area contributed by atoms with E-state index in [0.29, 0.717) is 18.0 Å². The predicted octanol–water partition coefficient (Wildman–Crippen LogP) is 2.01. The number of nitrogens with one attached hydrogen (secondary N) is 3. The second-order valence-corrected chi connectivity index (χ2v) is 5.71. The molecule has 1 saturated heterocycles. The van der Waals surface area contributed by atoms with Gasteiger partial charge in [-0.3, -0.25) is 0 Å². The predicted molar refractivity (Wildman–Crippen MR) is 73.6 cm³/mol. The van der Waals surface area contributed by atoms with E-state index in [-0.39, 0.29) is 6.03 Å². The van der Waals surface area contributed by atoms with E-state index in [9.17, 15) is 4.79 Å². The van der Waals surface area contributed by atoms with Crippen molar-refractivity contribution in [1.82, 2.24) is 16.0 Å². The Kier molecular flexibility index (Phi) is 5.29. The monoisotopic (exact) mass is 253 g/mol. The molecule has 3 N–H and O–H groups in total. The molecule has 0 bridgehead atoms. The van der Waals surface area contributed by atoms with Gasteiger partial charge in [-0.25, -0.2) is 4.79 Å². The molecule has 2 atom stereocenters. The van der Waals surface area contributed by atoms with Gasteiger partial charge < -0.3 is 16.0 Å². The van der Waals surface area contributed by atoms with E-state index in [4.69, 9.17) is 0 Å². The van der Waals surface area contributed by atoms with Gasteiger partial charge in [0.1, 0.15) is 0 Å². The lowest BCUT2D eigenvalue weighted by Crippen LogP contribution is -2.51. The summed E-state index contributed by atoms with van der Waals surface area (Å²) >= 11 is 0. The molecule has 1 aliphatic carbocycles. The Labute approximate surface area is 110 Å². The fourth-order valence-electron chi connectivity index (χ4n) is 3.26. The summed E-state index contributed by atoms with van der Waals surface area (Å²) in [6, 6.07) is 0.883. The standard InChI is InChI=1S/C14H27N3O/c1-2-11-6-5-9-15-13(11)10-16-14(18)17-12-7-3-4-8-12/h11-13,15H,2-10H2,1H3,(H2,16,17,18). The zero-order valence-electron chi connectivity index (χ0n) is 11.5. The third kappa shape index (κ3) is 3.87. The first-order valence-electron chi connectivity index (χ1n) is 7.57. The van der Waals surface area contributed by atoms with E-state index < -0.39 is 0 Å². The third-order valence-corrected chi connectivity index (χ3v) is 4.42. The summed E-state index contributed by atoms with van der Waals surface area (Å²) < 4.78 is 0. The molecule has 0 aromatic rings. The van der Waals surface area contributed by atoms with Crippen LogP contribution in [0.2, 0.25) is 0 Å². The number of urea groups is 1. The normalized spacial score (nSPS) is 29.2. The third-order valence-electron chi connectivity index (χ3n) is 4.42. The first-order valence-corrected chi connectivity index (χ1v) is 7.57. The van der Waals surface area contributed by atoms with Crippen LogP contribution >= 0.6 is 0 Å². The highest BCUT2D eigenvalue weighted by atomic mass is 16.2. The van der Waals surface area contributed by atoms with E-state index in [1.165, 1.54) is 32.1 Å². The summed E-state index contributed by atoms with van der Waals surface area (Å²) in [5, 5.41) is 9.63. The Morgan fingerprint density at radius 3 is 2.72 bits per heavy atom. The van der Waals surface area contributed by atoms with Crippen molar-refractivity contribution in [3.05, 3.63) is 0 Å². The summed E-state index contributed by atoms with van der Waals surface area (Å²) in [6.07, 6.45) is 8.56. The van der Waals surface area contributed by atoms with Gasteiger partial charge in [0.15, 0.2) is 0 Å². The van der Waals surface area contributed by atoms with Crippen molar-refractivity contribution in [3.63, 3.8) is 0 Å². The molecule has 4 heteroatoms. The molecule has 1 heterocycles. The molecule has 2 rings (SSSR count). The van der Waals surface area contributed by atoms with Gasteiger partial charge in [0.2, 0.25) is 0 Å². The highest BCUT2D eigenvalue weighted by Crippen LogP contribution is 2.19. The molecule has 0 aromatic heterocycles. The summed E-state index contributed by atoms with van der Waals surface area (Å²) in [5.74, 6) is 0.713. The molecule has 2 aliphatic rings. The fourth-order valence-corrected chi connectivity index (χ4v) is 3.26. The van der Waals surface area contributed by atoms with Crippen LogP contribution in [0.3, 0.4) is 0 Å². The smallest absolute Gasteiger partial charge is 0.315 e. The minimum atomic E-state index is 0.0177. The van der Waals surface area contributed by atoms with Crippen LogP contribution in [-0.4, -0.2) is 31.2 Å². The van der Waals surface area contributed by atoms with Gasteiger partial charge >= 0.3 is 6.03 Å². The van der Waals surface area contributed by atoms with Gasteiger partial charge in [-0.2, -0.15) is 0 Å². The van der Waals surface area contributed by atoms with Crippen LogP contribution in [0.15, 0.2) is 0 Å². The van der Waals surface area contributed by atoms with Gasteiger partial charge in [0.25, 0.3) is 0 Å². The molecule has 0 radical (unpaired) electrons. The minimum Gasteiger partial charge on any atom is -0.337 e. The molecule has 2 amide bonds. The molecule has 1 aliphatic heterocycles. The molecule has 18 heavy (non-hydrogen) atoms. The molecule has 1 saturated carbocycles. The maximum Gasteiger partial charge on any atom is 0.315 e. The van der Waals surface area contributed by atoms with Crippen molar-refractivity contribution < 1.29 is 4.79 Å². The molecule has 0 aromatic carbocycles. The zero-order valence-corrected chi connectivity index (χ0v) is 11.5. The number of amides is 2. The Hall–Kier alpha value is -0.770. The van der Waals surface area contributed by atoms with Crippen LogP contribution in [0.5, 0.6) is 0 Å². The highest BCUT2D eigenvalue weighted by Gasteiger charge is 2.24. The molecule has 104 valence electrons. The maximum atomic E-state index is 11.8. The van der Waals surface area contributed by atoms with Crippen molar-refractivity contribution >= 4 is 6.03 Å². The van der Waals surface area contributed by atoms with Crippen LogP contribution in [0.25, 0.3) is 0 Å². The number of piperidine rings is 1. The Morgan fingerprint density at radius 1 is 1.22 bits per heavy atom. The first kappa shape index (κ1) is 13.7. The quantitative estimate of drug-likeness (QED) is 0.718. The summed E-state index contributed by atoms with van der Waals surface area (Å²) in [6.45, 7) is 4.09. The lowest BCUT2D eigenvalue weighted by molar-refractivity contribution is 0.227. The Balaban J connectivity index is 1.67. The van der Waals surface area contributed by atoms with Gasteiger partial charge in [0.05, 0.1) is 0 Å².